The second kappa shape index (κ2) is 11.2. The van der Waals surface area contributed by atoms with Crippen molar-refractivity contribution in [3.05, 3.63) is 70.8 Å². The highest BCUT2D eigenvalue weighted by Gasteiger charge is 2.22. The first-order valence-corrected chi connectivity index (χ1v) is 8.52. The van der Waals surface area contributed by atoms with E-state index in [-0.39, 0.29) is 29.5 Å². The molecule has 27 heavy (non-hydrogen) atoms. The van der Waals surface area contributed by atoms with Crippen molar-refractivity contribution in [1.29, 1.82) is 0 Å². The molecule has 7 heteroatoms. The van der Waals surface area contributed by atoms with Crippen LogP contribution < -0.4 is 10.6 Å². The molecule has 2 N–H and O–H groups in total. The molecule has 0 heterocycles. The van der Waals surface area contributed by atoms with Crippen LogP contribution in [0.5, 0.6) is 0 Å². The summed E-state index contributed by atoms with van der Waals surface area (Å²) in [4.78, 5) is 5.96. The van der Waals surface area contributed by atoms with E-state index in [1.807, 2.05) is 19.1 Å². The molecule has 1 unspecified atom stereocenters. The SMILES string of the molecule is CN=C(NCc1ccc(C)cc1)NCC(c1c(F)cccc1F)N(C)C.I. The molecule has 2 rings (SSSR count). The van der Waals surface area contributed by atoms with Crippen molar-refractivity contribution >= 4 is 29.9 Å². The van der Waals surface area contributed by atoms with Crippen molar-refractivity contribution in [2.24, 2.45) is 4.99 Å². The van der Waals surface area contributed by atoms with Crippen LogP contribution in [0.3, 0.4) is 0 Å². The molecule has 4 nitrogen and oxygen atoms in total. The smallest absolute Gasteiger partial charge is 0.191 e. The third kappa shape index (κ3) is 6.73. The van der Waals surface area contributed by atoms with Crippen LogP contribution in [0.2, 0.25) is 0 Å². The van der Waals surface area contributed by atoms with Gasteiger partial charge in [-0.1, -0.05) is 35.9 Å². The minimum absolute atomic E-state index is 0. The largest absolute Gasteiger partial charge is 0.354 e. The third-order valence-corrected chi connectivity index (χ3v) is 4.22. The Morgan fingerprint density at radius 3 is 2.15 bits per heavy atom. The molecule has 0 bridgehead atoms. The average Bonchev–Trinajstić information content (AvgIpc) is 2.61. The molecule has 0 aliphatic rings. The summed E-state index contributed by atoms with van der Waals surface area (Å²) in [5.41, 5.74) is 2.39. The molecule has 0 spiro atoms. The number of aliphatic imine (C=N–C) groups is 1. The fourth-order valence-corrected chi connectivity index (χ4v) is 2.68. The number of aryl methyl sites for hydroxylation is 1. The van der Waals surface area contributed by atoms with Gasteiger partial charge in [-0.2, -0.15) is 0 Å². The molecule has 0 aliphatic heterocycles. The summed E-state index contributed by atoms with van der Waals surface area (Å²) in [5, 5.41) is 6.36. The molecule has 0 saturated heterocycles. The van der Waals surface area contributed by atoms with Gasteiger partial charge in [0.2, 0.25) is 0 Å². The number of likely N-dealkylation sites (N-methyl/N-ethyl adjacent to an activating group) is 1. The predicted octanol–water partition coefficient (Wildman–Crippen LogP) is 3.86. The van der Waals surface area contributed by atoms with Crippen molar-refractivity contribution in [3.8, 4) is 0 Å². The van der Waals surface area contributed by atoms with Gasteiger partial charge in [-0.25, -0.2) is 8.78 Å². The van der Waals surface area contributed by atoms with Crippen LogP contribution in [0.1, 0.15) is 22.7 Å². The lowest BCUT2D eigenvalue weighted by Crippen LogP contribution is -2.41. The monoisotopic (exact) mass is 488 g/mol. The topological polar surface area (TPSA) is 39.7 Å². The Morgan fingerprint density at radius 1 is 1.04 bits per heavy atom. The number of nitrogens with zero attached hydrogens (tertiary/aromatic N) is 2. The Balaban J connectivity index is 0.00000364. The van der Waals surface area contributed by atoms with Gasteiger partial charge in [0, 0.05) is 25.7 Å². The normalized spacial score (nSPS) is 12.5. The zero-order chi connectivity index (χ0) is 19.1. The lowest BCUT2D eigenvalue weighted by atomic mass is 10.0. The molecule has 0 aromatic heterocycles. The number of halogens is 3. The van der Waals surface area contributed by atoms with Gasteiger partial charge in [0.25, 0.3) is 0 Å². The molecule has 0 saturated carbocycles. The number of rotatable bonds is 6. The van der Waals surface area contributed by atoms with E-state index in [0.29, 0.717) is 19.0 Å². The summed E-state index contributed by atoms with van der Waals surface area (Å²) in [5.74, 6) is -0.518. The predicted molar refractivity (Wildman–Crippen MR) is 118 cm³/mol. The lowest BCUT2D eigenvalue weighted by Gasteiger charge is -2.26. The fourth-order valence-electron chi connectivity index (χ4n) is 2.68. The van der Waals surface area contributed by atoms with Gasteiger partial charge in [0.05, 0.1) is 6.04 Å². The summed E-state index contributed by atoms with van der Waals surface area (Å²) in [6.07, 6.45) is 0. The molecule has 2 aromatic carbocycles. The van der Waals surface area contributed by atoms with Crippen LogP contribution in [-0.2, 0) is 6.54 Å². The molecule has 0 amide bonds. The van der Waals surface area contributed by atoms with Crippen LogP contribution in [0.25, 0.3) is 0 Å². The lowest BCUT2D eigenvalue weighted by molar-refractivity contribution is 0.282. The zero-order valence-electron chi connectivity index (χ0n) is 16.1. The highest BCUT2D eigenvalue weighted by atomic mass is 127. The molecule has 0 radical (unpaired) electrons. The van der Waals surface area contributed by atoms with E-state index in [9.17, 15) is 8.78 Å². The summed E-state index contributed by atoms with van der Waals surface area (Å²) < 4.78 is 28.3. The van der Waals surface area contributed by atoms with Gasteiger partial charge < -0.3 is 15.5 Å². The Labute approximate surface area is 177 Å². The number of nitrogens with one attached hydrogen (secondary N) is 2. The van der Waals surface area contributed by atoms with Crippen LogP contribution in [0.15, 0.2) is 47.5 Å². The summed E-state index contributed by atoms with van der Waals surface area (Å²) in [6.45, 7) is 2.97. The molecule has 0 fully saturated rings. The first-order valence-electron chi connectivity index (χ1n) is 8.52. The zero-order valence-corrected chi connectivity index (χ0v) is 18.4. The van der Waals surface area contributed by atoms with Crippen molar-refractivity contribution < 1.29 is 8.78 Å². The van der Waals surface area contributed by atoms with E-state index in [2.05, 4.69) is 27.8 Å². The average molecular weight is 488 g/mol. The second-order valence-electron chi connectivity index (χ2n) is 6.41. The van der Waals surface area contributed by atoms with E-state index in [4.69, 9.17) is 0 Å². The van der Waals surface area contributed by atoms with Gasteiger partial charge in [-0.3, -0.25) is 4.99 Å². The quantitative estimate of drug-likeness (QED) is 0.369. The summed E-state index contributed by atoms with van der Waals surface area (Å²) >= 11 is 0. The summed E-state index contributed by atoms with van der Waals surface area (Å²) in [6, 6.07) is 11.7. The third-order valence-electron chi connectivity index (χ3n) is 4.22. The maximum Gasteiger partial charge on any atom is 0.191 e. The van der Waals surface area contributed by atoms with E-state index in [1.54, 1.807) is 26.0 Å². The van der Waals surface area contributed by atoms with Gasteiger partial charge in [0.1, 0.15) is 11.6 Å². The number of benzene rings is 2. The van der Waals surface area contributed by atoms with Crippen molar-refractivity contribution in [3.63, 3.8) is 0 Å². The van der Waals surface area contributed by atoms with Crippen LogP contribution in [0.4, 0.5) is 8.78 Å². The van der Waals surface area contributed by atoms with Crippen molar-refractivity contribution in [2.75, 3.05) is 27.7 Å². The molecule has 148 valence electrons. The summed E-state index contributed by atoms with van der Waals surface area (Å²) in [7, 11) is 5.25. The molecule has 2 aromatic rings. The van der Waals surface area contributed by atoms with Gasteiger partial charge >= 0.3 is 0 Å². The van der Waals surface area contributed by atoms with Crippen LogP contribution >= 0.6 is 24.0 Å². The Bertz CT molecular complexity index is 728. The minimum atomic E-state index is -0.548. The van der Waals surface area contributed by atoms with E-state index < -0.39 is 17.7 Å². The molecule has 1 atom stereocenters. The highest BCUT2D eigenvalue weighted by molar-refractivity contribution is 14.0. The van der Waals surface area contributed by atoms with Crippen LogP contribution in [0, 0.1) is 18.6 Å². The van der Waals surface area contributed by atoms with Crippen LogP contribution in [-0.4, -0.2) is 38.5 Å². The number of guanidine groups is 1. The fraction of sp³-hybridized carbons (Fsp3) is 0.350. The van der Waals surface area contributed by atoms with Gasteiger partial charge in [-0.15, -0.1) is 24.0 Å². The second-order valence-corrected chi connectivity index (χ2v) is 6.41. The van der Waals surface area contributed by atoms with E-state index >= 15 is 0 Å². The first-order chi connectivity index (χ1) is 12.4. The highest BCUT2D eigenvalue weighted by Crippen LogP contribution is 2.23. The minimum Gasteiger partial charge on any atom is -0.354 e. The van der Waals surface area contributed by atoms with Crippen molar-refractivity contribution in [1.82, 2.24) is 15.5 Å². The molecular weight excluding hydrogens is 461 g/mol. The number of hydrogen-bond donors (Lipinski definition) is 2. The Kier molecular flexibility index (Phi) is 9.65. The Morgan fingerprint density at radius 2 is 1.63 bits per heavy atom. The van der Waals surface area contributed by atoms with Crippen molar-refractivity contribution in [2.45, 2.75) is 19.5 Å². The first kappa shape index (κ1) is 23.3. The Hall–Kier alpha value is -1.74. The maximum absolute atomic E-state index is 14.1. The van der Waals surface area contributed by atoms with Gasteiger partial charge in [0.15, 0.2) is 5.96 Å². The van der Waals surface area contributed by atoms with E-state index in [0.717, 1.165) is 5.56 Å². The maximum atomic E-state index is 14.1. The number of hydrogen-bond acceptors (Lipinski definition) is 2. The standard InChI is InChI=1S/C20H26F2N4.HI/c1-14-8-10-15(11-9-14)12-24-20(23-2)25-13-18(26(3)4)19-16(21)6-5-7-17(19)22;/h5-11,18H,12-13H2,1-4H3,(H2,23,24,25);1H. The van der Waals surface area contributed by atoms with E-state index in [1.165, 1.54) is 23.8 Å². The molecular formula is C20H27F2IN4. The molecule has 0 aliphatic carbocycles. The van der Waals surface area contributed by atoms with Gasteiger partial charge in [-0.05, 0) is 38.7 Å².